The van der Waals surface area contributed by atoms with Crippen molar-refractivity contribution in [2.75, 3.05) is 18.5 Å². The zero-order valence-corrected chi connectivity index (χ0v) is 22.9. The summed E-state index contributed by atoms with van der Waals surface area (Å²) in [7, 11) is -1.21. The van der Waals surface area contributed by atoms with Gasteiger partial charge in [0.1, 0.15) is 17.4 Å². The normalized spacial score (nSPS) is 15.3. The number of nitrogens with one attached hydrogen (secondary N) is 1. The molecule has 1 N–H and O–H groups in total. The lowest BCUT2D eigenvalue weighted by molar-refractivity contribution is -0.143. The lowest BCUT2D eigenvalue weighted by Crippen LogP contribution is -2.42. The van der Waals surface area contributed by atoms with Gasteiger partial charge in [-0.05, 0) is 36.2 Å². The van der Waals surface area contributed by atoms with Crippen molar-refractivity contribution in [3.8, 4) is 16.9 Å². The standard InChI is InChI=1S/C24H23Cl3N4O4S/c1-13(2)20(24(32)35-4)28-18-12-36(33,34)30(3)23-21(18)29-31(19-10-9-16(26)11-17(19)27)22(23)14-5-7-15(25)8-6-14/h5-13,20,28H,1-4H3. The Morgan fingerprint density at radius 2 is 1.69 bits per heavy atom. The van der Waals surface area contributed by atoms with Crippen molar-refractivity contribution in [1.29, 1.82) is 0 Å². The summed E-state index contributed by atoms with van der Waals surface area (Å²) < 4.78 is 34.1. The molecule has 0 amide bonds. The summed E-state index contributed by atoms with van der Waals surface area (Å²) >= 11 is 18.8. The van der Waals surface area contributed by atoms with Gasteiger partial charge in [0, 0.05) is 22.7 Å². The molecular weight excluding hydrogens is 547 g/mol. The van der Waals surface area contributed by atoms with E-state index in [1.165, 1.54) is 14.2 Å². The molecule has 0 saturated carbocycles. The Labute approximate surface area is 224 Å². The summed E-state index contributed by atoms with van der Waals surface area (Å²) in [5.74, 6) is -0.727. The summed E-state index contributed by atoms with van der Waals surface area (Å²) in [6.07, 6.45) is 0. The number of esters is 1. The van der Waals surface area contributed by atoms with Crippen LogP contribution in [0.4, 0.5) is 5.69 Å². The number of hydrogen-bond donors (Lipinski definition) is 1. The number of benzene rings is 2. The molecule has 1 aromatic heterocycles. The third-order valence-electron chi connectivity index (χ3n) is 5.77. The predicted molar refractivity (Wildman–Crippen MR) is 143 cm³/mol. The van der Waals surface area contributed by atoms with Gasteiger partial charge in [-0.15, -0.1) is 0 Å². The molecule has 0 bridgehead atoms. The maximum Gasteiger partial charge on any atom is 0.328 e. The van der Waals surface area contributed by atoms with E-state index in [4.69, 9.17) is 44.6 Å². The fourth-order valence-electron chi connectivity index (χ4n) is 3.89. The SMILES string of the molecule is COC(=O)C(NC1=CS(=O)(=O)N(C)c2c1nn(-c1ccc(Cl)cc1Cl)c2-c1ccc(Cl)cc1)C(C)C. The molecule has 36 heavy (non-hydrogen) atoms. The molecule has 8 nitrogen and oxygen atoms in total. The molecule has 3 aromatic rings. The van der Waals surface area contributed by atoms with Gasteiger partial charge in [-0.25, -0.2) is 17.9 Å². The first-order chi connectivity index (χ1) is 16.9. The monoisotopic (exact) mass is 568 g/mol. The average molecular weight is 570 g/mol. The Hall–Kier alpha value is -2.72. The van der Waals surface area contributed by atoms with Crippen LogP contribution in [0.3, 0.4) is 0 Å². The number of carbonyl (C=O) groups excluding carboxylic acids is 1. The van der Waals surface area contributed by atoms with Crippen LogP contribution in [0.25, 0.3) is 22.6 Å². The van der Waals surface area contributed by atoms with Crippen molar-refractivity contribution in [1.82, 2.24) is 15.1 Å². The van der Waals surface area contributed by atoms with Crippen molar-refractivity contribution < 1.29 is 17.9 Å². The molecule has 12 heteroatoms. The number of fused-ring (bicyclic) bond motifs is 1. The average Bonchev–Trinajstić information content (AvgIpc) is 3.20. The van der Waals surface area contributed by atoms with Gasteiger partial charge >= 0.3 is 5.97 Å². The number of hydrogen-bond acceptors (Lipinski definition) is 6. The number of aromatic nitrogens is 2. The first-order valence-electron chi connectivity index (χ1n) is 10.8. The van der Waals surface area contributed by atoms with E-state index < -0.39 is 22.0 Å². The first kappa shape index (κ1) is 26.3. The molecule has 0 aliphatic carbocycles. The highest BCUT2D eigenvalue weighted by molar-refractivity contribution is 7.95. The van der Waals surface area contributed by atoms with Gasteiger partial charge < -0.3 is 10.1 Å². The first-order valence-corrected chi connectivity index (χ1v) is 13.5. The van der Waals surface area contributed by atoms with Crippen LogP contribution in [0, 0.1) is 5.92 Å². The van der Waals surface area contributed by atoms with Crippen molar-refractivity contribution >= 4 is 62.2 Å². The third-order valence-corrected chi connectivity index (χ3v) is 8.04. The molecule has 0 spiro atoms. The van der Waals surface area contributed by atoms with E-state index in [1.54, 1.807) is 47.1 Å². The molecule has 0 fully saturated rings. The lowest BCUT2D eigenvalue weighted by atomic mass is 10.0. The topological polar surface area (TPSA) is 93.5 Å². The van der Waals surface area contributed by atoms with E-state index in [-0.39, 0.29) is 11.6 Å². The molecule has 1 unspecified atom stereocenters. The Kier molecular flexibility index (Phi) is 7.30. The maximum absolute atomic E-state index is 13.2. The van der Waals surface area contributed by atoms with Crippen molar-refractivity contribution in [2.45, 2.75) is 19.9 Å². The van der Waals surface area contributed by atoms with Gasteiger partial charge in [0.05, 0.1) is 34.6 Å². The van der Waals surface area contributed by atoms with Gasteiger partial charge in [0.25, 0.3) is 10.0 Å². The summed E-state index contributed by atoms with van der Waals surface area (Å²) in [5.41, 5.74) is 2.38. The Morgan fingerprint density at radius 3 is 2.28 bits per heavy atom. The van der Waals surface area contributed by atoms with Crippen LogP contribution >= 0.6 is 34.8 Å². The molecule has 0 saturated heterocycles. The smallest absolute Gasteiger partial charge is 0.328 e. The van der Waals surface area contributed by atoms with Crippen LogP contribution in [0.15, 0.2) is 47.9 Å². The second-order valence-corrected chi connectivity index (χ2v) is 11.6. The number of ether oxygens (including phenoxy) is 1. The predicted octanol–water partition coefficient (Wildman–Crippen LogP) is 5.36. The third kappa shape index (κ3) is 4.80. The van der Waals surface area contributed by atoms with E-state index in [9.17, 15) is 13.2 Å². The lowest BCUT2D eigenvalue weighted by Gasteiger charge is -2.28. The largest absolute Gasteiger partial charge is 0.467 e. The van der Waals surface area contributed by atoms with Gasteiger partial charge in [0.2, 0.25) is 0 Å². The van der Waals surface area contributed by atoms with Crippen molar-refractivity contribution in [3.05, 3.63) is 68.6 Å². The Morgan fingerprint density at radius 1 is 1.06 bits per heavy atom. The highest BCUT2D eigenvalue weighted by Crippen LogP contribution is 2.43. The molecular formula is C24H23Cl3N4O4S. The summed E-state index contributed by atoms with van der Waals surface area (Å²) in [6.45, 7) is 3.65. The number of methoxy groups -OCH3 is 1. The molecule has 190 valence electrons. The van der Waals surface area contributed by atoms with Crippen LogP contribution in [0.2, 0.25) is 15.1 Å². The molecule has 1 atom stereocenters. The summed E-state index contributed by atoms with van der Waals surface area (Å²) in [6, 6.07) is 11.0. The van der Waals surface area contributed by atoms with Crippen molar-refractivity contribution in [2.24, 2.45) is 5.92 Å². The summed E-state index contributed by atoms with van der Waals surface area (Å²) in [5, 5.41) is 10.1. The number of rotatable bonds is 6. The van der Waals surface area contributed by atoms with E-state index >= 15 is 0 Å². The van der Waals surface area contributed by atoms with Gasteiger partial charge in [-0.2, -0.15) is 5.10 Å². The Bertz CT molecular complexity index is 1470. The number of anilines is 1. The van der Waals surface area contributed by atoms with E-state index in [0.717, 1.165) is 9.71 Å². The van der Waals surface area contributed by atoms with E-state index in [2.05, 4.69) is 5.32 Å². The number of halogens is 3. The van der Waals surface area contributed by atoms with Crippen LogP contribution in [0.1, 0.15) is 19.5 Å². The number of sulfonamides is 1. The second-order valence-electron chi connectivity index (χ2n) is 8.49. The maximum atomic E-state index is 13.2. The Balaban J connectivity index is 2.02. The molecule has 1 aliphatic rings. The quantitative estimate of drug-likeness (QED) is 0.402. The van der Waals surface area contributed by atoms with Crippen LogP contribution < -0.4 is 9.62 Å². The fourth-order valence-corrected chi connectivity index (χ4v) is 5.57. The molecule has 0 radical (unpaired) electrons. The summed E-state index contributed by atoms with van der Waals surface area (Å²) in [4.78, 5) is 12.4. The van der Waals surface area contributed by atoms with Crippen LogP contribution in [-0.4, -0.2) is 44.4 Å². The number of nitrogens with zero attached hydrogens (tertiary/aromatic N) is 3. The highest BCUT2D eigenvalue weighted by Gasteiger charge is 2.37. The van der Waals surface area contributed by atoms with Crippen LogP contribution in [-0.2, 0) is 19.6 Å². The van der Waals surface area contributed by atoms with E-state index in [0.29, 0.717) is 43.4 Å². The minimum atomic E-state index is -3.93. The molecule has 2 heterocycles. The zero-order valence-electron chi connectivity index (χ0n) is 19.8. The second kappa shape index (κ2) is 9.97. The van der Waals surface area contributed by atoms with Crippen LogP contribution in [0.5, 0.6) is 0 Å². The fraction of sp³-hybridized carbons (Fsp3) is 0.250. The minimum absolute atomic E-state index is 0.159. The highest BCUT2D eigenvalue weighted by atomic mass is 35.5. The molecule has 2 aromatic carbocycles. The van der Waals surface area contributed by atoms with Gasteiger partial charge in [0.15, 0.2) is 0 Å². The van der Waals surface area contributed by atoms with Crippen molar-refractivity contribution in [3.63, 3.8) is 0 Å². The zero-order chi connectivity index (χ0) is 26.4. The molecule has 1 aliphatic heterocycles. The number of carbonyl (C=O) groups is 1. The van der Waals surface area contributed by atoms with Gasteiger partial charge in [-0.3, -0.25) is 4.31 Å². The molecule has 4 rings (SSSR count). The van der Waals surface area contributed by atoms with E-state index in [1.807, 2.05) is 13.8 Å². The minimum Gasteiger partial charge on any atom is -0.467 e. The van der Waals surface area contributed by atoms with Gasteiger partial charge in [-0.1, -0.05) is 60.8 Å².